The van der Waals surface area contributed by atoms with Crippen molar-refractivity contribution >= 4 is 12.0 Å². The highest BCUT2D eigenvalue weighted by molar-refractivity contribution is 5.79. The first-order valence-electron chi connectivity index (χ1n) is 8.00. The molecule has 1 aliphatic rings. The van der Waals surface area contributed by atoms with Crippen molar-refractivity contribution in [2.24, 2.45) is 5.92 Å². The maximum absolute atomic E-state index is 12.0. The van der Waals surface area contributed by atoms with Crippen LogP contribution in [0.3, 0.4) is 0 Å². The minimum Gasteiger partial charge on any atom is -0.445 e. The van der Waals surface area contributed by atoms with Crippen LogP contribution in [0.1, 0.15) is 31.7 Å². The molecule has 0 spiro atoms. The van der Waals surface area contributed by atoms with Gasteiger partial charge >= 0.3 is 6.09 Å². The zero-order chi connectivity index (χ0) is 16.7. The Labute approximate surface area is 137 Å². The molecule has 1 unspecified atom stereocenters. The molecule has 0 aliphatic carbocycles. The second kappa shape index (κ2) is 8.36. The van der Waals surface area contributed by atoms with E-state index in [1.165, 1.54) is 0 Å². The number of carbonyl (C=O) groups excluding carboxylic acids is 2. The smallest absolute Gasteiger partial charge is 0.407 e. The van der Waals surface area contributed by atoms with Gasteiger partial charge < -0.3 is 15.4 Å². The molecular formula is C18H24N2O3. The highest BCUT2D eigenvalue weighted by atomic mass is 16.5. The van der Waals surface area contributed by atoms with Crippen molar-refractivity contribution < 1.29 is 14.3 Å². The maximum Gasteiger partial charge on any atom is 0.407 e. The SMILES string of the molecule is C=C[C@H]1NC(=O)C(C)CCC[C@@H]1NC(=O)OCc1ccccc1. The molecule has 3 atom stereocenters. The fourth-order valence-electron chi connectivity index (χ4n) is 2.66. The third-order valence-corrected chi connectivity index (χ3v) is 4.11. The Balaban J connectivity index is 1.89. The second-order valence-corrected chi connectivity index (χ2v) is 5.91. The van der Waals surface area contributed by atoms with E-state index in [-0.39, 0.29) is 30.5 Å². The average molecular weight is 316 g/mol. The number of alkyl carbamates (subject to hydrolysis) is 1. The zero-order valence-corrected chi connectivity index (χ0v) is 13.5. The standard InChI is InChI=1S/C18H24N2O3/c1-3-15-16(11-7-8-13(2)17(21)19-15)20-18(22)23-12-14-9-5-4-6-10-14/h3-6,9-10,13,15-16H,1,7-8,11-12H2,2H3,(H,19,21)(H,20,22)/t13?,15-,16+/m1/s1. The summed E-state index contributed by atoms with van der Waals surface area (Å²) in [7, 11) is 0. The zero-order valence-electron chi connectivity index (χ0n) is 13.5. The van der Waals surface area contributed by atoms with Crippen LogP contribution in [0.15, 0.2) is 43.0 Å². The predicted molar refractivity (Wildman–Crippen MR) is 88.7 cm³/mol. The first kappa shape index (κ1) is 17.1. The summed E-state index contributed by atoms with van der Waals surface area (Å²) in [4.78, 5) is 24.0. The van der Waals surface area contributed by atoms with E-state index in [1.807, 2.05) is 37.3 Å². The van der Waals surface area contributed by atoms with Crippen LogP contribution >= 0.6 is 0 Å². The summed E-state index contributed by atoms with van der Waals surface area (Å²) in [5.41, 5.74) is 0.933. The molecule has 0 radical (unpaired) electrons. The van der Waals surface area contributed by atoms with Gasteiger partial charge in [0, 0.05) is 5.92 Å². The molecule has 1 aliphatic heterocycles. The molecule has 5 nitrogen and oxygen atoms in total. The van der Waals surface area contributed by atoms with Crippen molar-refractivity contribution in [1.29, 1.82) is 0 Å². The Morgan fingerprint density at radius 2 is 2.13 bits per heavy atom. The number of hydrogen-bond acceptors (Lipinski definition) is 3. The van der Waals surface area contributed by atoms with Gasteiger partial charge in [0.05, 0.1) is 12.1 Å². The first-order chi connectivity index (χ1) is 11.1. The van der Waals surface area contributed by atoms with Gasteiger partial charge in [0.1, 0.15) is 6.61 Å². The normalized spacial score (nSPS) is 24.7. The van der Waals surface area contributed by atoms with Crippen LogP contribution in [0, 0.1) is 5.92 Å². The number of carbonyl (C=O) groups is 2. The molecule has 124 valence electrons. The van der Waals surface area contributed by atoms with E-state index in [2.05, 4.69) is 17.2 Å². The summed E-state index contributed by atoms with van der Waals surface area (Å²) in [6, 6.07) is 9.03. The van der Waals surface area contributed by atoms with Crippen LogP contribution in [0.4, 0.5) is 4.79 Å². The number of hydrogen-bond donors (Lipinski definition) is 2. The summed E-state index contributed by atoms with van der Waals surface area (Å²) in [6.45, 7) is 5.90. The summed E-state index contributed by atoms with van der Waals surface area (Å²) in [6.07, 6.45) is 3.66. The molecule has 1 saturated heterocycles. The molecule has 1 aromatic rings. The van der Waals surface area contributed by atoms with E-state index in [9.17, 15) is 9.59 Å². The molecule has 0 bridgehead atoms. The van der Waals surface area contributed by atoms with Gasteiger partial charge in [0.15, 0.2) is 0 Å². The van der Waals surface area contributed by atoms with Crippen LogP contribution in [0.2, 0.25) is 0 Å². The largest absolute Gasteiger partial charge is 0.445 e. The van der Waals surface area contributed by atoms with Gasteiger partial charge in [-0.05, 0) is 18.4 Å². The molecule has 5 heteroatoms. The molecule has 2 rings (SSSR count). The summed E-state index contributed by atoms with van der Waals surface area (Å²) in [5, 5.41) is 5.77. The number of nitrogens with one attached hydrogen (secondary N) is 2. The molecule has 1 fully saturated rings. The highest BCUT2D eigenvalue weighted by Gasteiger charge is 2.27. The molecule has 23 heavy (non-hydrogen) atoms. The van der Waals surface area contributed by atoms with Crippen LogP contribution in [-0.2, 0) is 16.1 Å². The van der Waals surface area contributed by atoms with Crippen LogP contribution in [0.25, 0.3) is 0 Å². The topological polar surface area (TPSA) is 67.4 Å². The Bertz CT molecular complexity index is 544. The average Bonchev–Trinajstić information content (AvgIpc) is 2.56. The third-order valence-electron chi connectivity index (χ3n) is 4.11. The Hall–Kier alpha value is -2.30. The minimum atomic E-state index is -0.478. The fourth-order valence-corrected chi connectivity index (χ4v) is 2.66. The molecule has 1 aromatic carbocycles. The van der Waals surface area contributed by atoms with Gasteiger partial charge in [-0.25, -0.2) is 4.79 Å². The lowest BCUT2D eigenvalue weighted by atomic mass is 9.93. The molecule has 2 N–H and O–H groups in total. The highest BCUT2D eigenvalue weighted by Crippen LogP contribution is 2.16. The summed E-state index contributed by atoms with van der Waals surface area (Å²) < 4.78 is 5.25. The Morgan fingerprint density at radius 1 is 1.39 bits per heavy atom. The van der Waals surface area contributed by atoms with Crippen LogP contribution in [-0.4, -0.2) is 24.1 Å². The number of ether oxygens (including phenoxy) is 1. The Kier molecular flexibility index (Phi) is 6.20. The molecular weight excluding hydrogens is 292 g/mol. The van der Waals surface area contributed by atoms with E-state index >= 15 is 0 Å². The van der Waals surface area contributed by atoms with Gasteiger partial charge in [-0.2, -0.15) is 0 Å². The monoisotopic (exact) mass is 316 g/mol. The van der Waals surface area contributed by atoms with Crippen molar-refractivity contribution in [3.8, 4) is 0 Å². The van der Waals surface area contributed by atoms with E-state index in [0.29, 0.717) is 0 Å². The molecule has 1 heterocycles. The van der Waals surface area contributed by atoms with Crippen molar-refractivity contribution in [2.45, 2.75) is 44.9 Å². The lowest BCUT2D eigenvalue weighted by Gasteiger charge is -2.30. The maximum atomic E-state index is 12.0. The van der Waals surface area contributed by atoms with Gasteiger partial charge in [-0.1, -0.05) is 49.8 Å². The molecule has 0 saturated carbocycles. The fraction of sp³-hybridized carbons (Fsp3) is 0.444. The van der Waals surface area contributed by atoms with Crippen molar-refractivity contribution in [3.63, 3.8) is 0 Å². The van der Waals surface area contributed by atoms with Crippen molar-refractivity contribution in [1.82, 2.24) is 10.6 Å². The van der Waals surface area contributed by atoms with Crippen molar-refractivity contribution in [3.05, 3.63) is 48.6 Å². The molecule has 2 amide bonds. The minimum absolute atomic E-state index is 0.000877. The van der Waals surface area contributed by atoms with E-state index in [0.717, 1.165) is 24.8 Å². The van der Waals surface area contributed by atoms with Gasteiger partial charge in [0.2, 0.25) is 5.91 Å². The number of amides is 2. The lowest BCUT2D eigenvalue weighted by Crippen LogP contribution is -2.52. The summed E-state index contributed by atoms with van der Waals surface area (Å²) in [5.74, 6) is -0.0116. The van der Waals surface area contributed by atoms with Gasteiger partial charge in [-0.3, -0.25) is 4.79 Å². The lowest BCUT2D eigenvalue weighted by molar-refractivity contribution is -0.125. The van der Waals surface area contributed by atoms with E-state index < -0.39 is 6.09 Å². The van der Waals surface area contributed by atoms with Gasteiger partial charge in [-0.15, -0.1) is 6.58 Å². The number of benzene rings is 1. The quantitative estimate of drug-likeness (QED) is 0.839. The molecule has 0 aromatic heterocycles. The van der Waals surface area contributed by atoms with E-state index in [1.54, 1.807) is 6.08 Å². The Morgan fingerprint density at radius 3 is 2.83 bits per heavy atom. The van der Waals surface area contributed by atoms with Crippen molar-refractivity contribution in [2.75, 3.05) is 0 Å². The van der Waals surface area contributed by atoms with E-state index in [4.69, 9.17) is 4.74 Å². The summed E-state index contributed by atoms with van der Waals surface area (Å²) >= 11 is 0. The third kappa shape index (κ3) is 5.13. The predicted octanol–water partition coefficient (Wildman–Crippen LogP) is 2.77. The van der Waals surface area contributed by atoms with Crippen LogP contribution < -0.4 is 10.6 Å². The van der Waals surface area contributed by atoms with Crippen LogP contribution in [0.5, 0.6) is 0 Å². The second-order valence-electron chi connectivity index (χ2n) is 5.91. The first-order valence-corrected chi connectivity index (χ1v) is 8.00. The number of rotatable bonds is 4. The van der Waals surface area contributed by atoms with Gasteiger partial charge in [0.25, 0.3) is 0 Å².